The Morgan fingerprint density at radius 3 is 2.58 bits per heavy atom. The number of nitrogens with two attached hydrogens (primary N) is 1. The van der Waals surface area contributed by atoms with Gasteiger partial charge >= 0.3 is 0 Å². The number of hydrogen-bond acceptors (Lipinski definition) is 6. The van der Waals surface area contributed by atoms with Crippen LogP contribution in [-0.2, 0) is 22.2 Å². The van der Waals surface area contributed by atoms with E-state index >= 15 is 0 Å². The highest BCUT2D eigenvalue weighted by Crippen LogP contribution is 2.40. The Morgan fingerprint density at radius 2 is 1.94 bits per heavy atom. The quantitative estimate of drug-likeness (QED) is 0.440. The summed E-state index contributed by atoms with van der Waals surface area (Å²) in [6.45, 7) is 1.04. The molecular weight excluding hydrogens is 440 g/mol. The maximum atomic E-state index is 11.6. The smallest absolute Gasteiger partial charge is 0.274 e. The topological polar surface area (TPSA) is 124 Å². The minimum atomic E-state index is -3.77. The number of nitrogens with zero attached hydrogens (tertiary/aromatic N) is 3. The van der Waals surface area contributed by atoms with Crippen molar-refractivity contribution in [2.75, 3.05) is 13.7 Å². The van der Waals surface area contributed by atoms with Crippen LogP contribution in [0, 0.1) is 0 Å². The third-order valence-corrected chi connectivity index (χ3v) is 7.00. The van der Waals surface area contributed by atoms with Crippen molar-refractivity contribution in [1.82, 2.24) is 24.8 Å². The van der Waals surface area contributed by atoms with Crippen LogP contribution in [0.5, 0.6) is 5.75 Å². The first-order valence-corrected chi connectivity index (χ1v) is 12.5. The summed E-state index contributed by atoms with van der Waals surface area (Å²) in [5.74, 6) is 0.761. The van der Waals surface area contributed by atoms with Crippen molar-refractivity contribution >= 4 is 10.2 Å². The van der Waals surface area contributed by atoms with E-state index in [-0.39, 0.29) is 12.0 Å². The number of methoxy groups -OCH3 is 1. The first kappa shape index (κ1) is 23.4. The molecule has 0 amide bonds. The molecule has 4 N–H and O–H groups in total. The van der Waals surface area contributed by atoms with Crippen LogP contribution in [0.3, 0.4) is 0 Å². The second kappa shape index (κ2) is 10.0. The number of rotatable bonds is 9. The Morgan fingerprint density at radius 1 is 1.18 bits per heavy atom. The monoisotopic (exact) mass is 470 g/mol. The van der Waals surface area contributed by atoms with E-state index < -0.39 is 10.2 Å². The third-order valence-electron chi connectivity index (χ3n) is 6.45. The fourth-order valence-electron chi connectivity index (χ4n) is 4.50. The number of benzene rings is 2. The van der Waals surface area contributed by atoms with Crippen molar-refractivity contribution in [2.24, 2.45) is 5.14 Å². The zero-order chi connectivity index (χ0) is 23.3. The van der Waals surface area contributed by atoms with Crippen LogP contribution in [-0.4, -0.2) is 42.9 Å². The first-order valence-electron chi connectivity index (χ1n) is 11.0. The van der Waals surface area contributed by atoms with Gasteiger partial charge in [0.2, 0.25) is 0 Å². The number of ether oxygens (including phenoxy) is 1. The Kier molecular flexibility index (Phi) is 7.08. The van der Waals surface area contributed by atoms with E-state index in [0.29, 0.717) is 6.04 Å². The molecule has 1 aliphatic rings. The van der Waals surface area contributed by atoms with Gasteiger partial charge in [-0.3, -0.25) is 0 Å². The number of aromatic nitrogens is 3. The fourth-order valence-corrected chi connectivity index (χ4v) is 4.98. The molecule has 9 nitrogen and oxygen atoms in total. The van der Waals surface area contributed by atoms with Crippen LogP contribution in [0.25, 0.3) is 5.69 Å². The highest BCUT2D eigenvalue weighted by atomic mass is 32.2. The largest absolute Gasteiger partial charge is 0.497 e. The van der Waals surface area contributed by atoms with Gasteiger partial charge in [0.1, 0.15) is 18.4 Å². The minimum Gasteiger partial charge on any atom is -0.497 e. The molecule has 0 radical (unpaired) electrons. The zero-order valence-electron chi connectivity index (χ0n) is 18.6. The molecule has 1 aliphatic carbocycles. The lowest BCUT2D eigenvalue weighted by atomic mass is 9.68. The maximum absolute atomic E-state index is 11.6. The van der Waals surface area contributed by atoms with Crippen LogP contribution in [0.15, 0.2) is 61.2 Å². The van der Waals surface area contributed by atoms with Crippen molar-refractivity contribution in [2.45, 2.75) is 43.7 Å². The van der Waals surface area contributed by atoms with E-state index in [0.717, 1.165) is 49.2 Å². The van der Waals surface area contributed by atoms with Crippen molar-refractivity contribution in [1.29, 1.82) is 0 Å². The predicted molar refractivity (Wildman–Crippen MR) is 126 cm³/mol. The summed E-state index contributed by atoms with van der Waals surface area (Å²) in [6.07, 6.45) is 6.73. The number of nitrogens with one attached hydrogen (secondary N) is 2. The molecule has 0 unspecified atom stereocenters. The van der Waals surface area contributed by atoms with Crippen LogP contribution >= 0.6 is 0 Å². The lowest BCUT2D eigenvalue weighted by Gasteiger charge is -2.41. The summed E-state index contributed by atoms with van der Waals surface area (Å²) in [4.78, 5) is 3.98. The summed E-state index contributed by atoms with van der Waals surface area (Å²) in [6, 6.07) is 16.5. The molecule has 4 rings (SSSR count). The van der Waals surface area contributed by atoms with E-state index in [1.165, 1.54) is 11.9 Å². The normalized spacial score (nSPS) is 21.1. The van der Waals surface area contributed by atoms with E-state index in [4.69, 9.17) is 9.88 Å². The molecule has 10 heteroatoms. The average molecular weight is 471 g/mol. The van der Waals surface area contributed by atoms with Gasteiger partial charge in [-0.05, 0) is 61.1 Å². The Labute approximate surface area is 194 Å². The fraction of sp³-hybridized carbons (Fsp3) is 0.391. The second-order valence-electron chi connectivity index (χ2n) is 8.54. The summed E-state index contributed by atoms with van der Waals surface area (Å²) in [7, 11) is -2.14. The standard InChI is InChI=1S/C23H30N6O3S/c1-32-22-4-2-3-19(13-22)23(15-28-33(24,30)31)11-9-20(10-12-23)26-14-18-5-7-21(8-6-18)29-17-25-16-27-29/h2-8,13,16-17,20,26,28H,9-12,14-15H2,1H3,(H2,24,30,31). The Hall–Kier alpha value is -2.79. The molecule has 1 saturated carbocycles. The van der Waals surface area contributed by atoms with Gasteiger partial charge < -0.3 is 10.1 Å². The molecule has 33 heavy (non-hydrogen) atoms. The molecule has 176 valence electrons. The van der Waals surface area contributed by atoms with Gasteiger partial charge in [-0.2, -0.15) is 13.5 Å². The van der Waals surface area contributed by atoms with Crippen LogP contribution in [0.4, 0.5) is 0 Å². The molecule has 1 aromatic heterocycles. The van der Waals surface area contributed by atoms with E-state index in [9.17, 15) is 8.42 Å². The molecule has 0 saturated heterocycles. The van der Waals surface area contributed by atoms with Crippen molar-refractivity contribution in [3.63, 3.8) is 0 Å². The molecule has 1 heterocycles. The Balaban J connectivity index is 1.39. The summed E-state index contributed by atoms with van der Waals surface area (Å²) < 4.78 is 32.9. The highest BCUT2D eigenvalue weighted by molar-refractivity contribution is 7.87. The van der Waals surface area contributed by atoms with E-state index in [2.05, 4.69) is 32.3 Å². The molecular formula is C23H30N6O3S. The van der Waals surface area contributed by atoms with Crippen LogP contribution in [0.2, 0.25) is 0 Å². The van der Waals surface area contributed by atoms with Crippen molar-refractivity contribution < 1.29 is 13.2 Å². The van der Waals surface area contributed by atoms with Gasteiger partial charge in [-0.15, -0.1) is 0 Å². The van der Waals surface area contributed by atoms with Crippen LogP contribution < -0.4 is 19.9 Å². The molecule has 0 atom stereocenters. The summed E-state index contributed by atoms with van der Waals surface area (Å²) in [5, 5.41) is 13.0. The lowest BCUT2D eigenvalue weighted by molar-refractivity contribution is 0.245. The minimum absolute atomic E-state index is 0.273. The van der Waals surface area contributed by atoms with Crippen LogP contribution in [0.1, 0.15) is 36.8 Å². The molecule has 0 spiro atoms. The first-order chi connectivity index (χ1) is 15.9. The maximum Gasteiger partial charge on any atom is 0.274 e. The molecule has 3 aromatic rings. The van der Waals surface area contributed by atoms with Gasteiger partial charge in [0.05, 0.1) is 12.8 Å². The van der Waals surface area contributed by atoms with Gasteiger partial charge in [0.15, 0.2) is 0 Å². The summed E-state index contributed by atoms with van der Waals surface area (Å²) >= 11 is 0. The molecule has 1 fully saturated rings. The van der Waals surface area contributed by atoms with Gasteiger partial charge in [-0.1, -0.05) is 24.3 Å². The van der Waals surface area contributed by atoms with Gasteiger partial charge in [-0.25, -0.2) is 19.5 Å². The van der Waals surface area contributed by atoms with E-state index in [1.807, 2.05) is 36.4 Å². The predicted octanol–water partition coefficient (Wildman–Crippen LogP) is 2.04. The van der Waals surface area contributed by atoms with E-state index in [1.54, 1.807) is 18.1 Å². The molecule has 2 aromatic carbocycles. The molecule has 0 aliphatic heterocycles. The molecule has 0 bridgehead atoms. The van der Waals surface area contributed by atoms with Crippen molar-refractivity contribution in [3.05, 3.63) is 72.3 Å². The zero-order valence-corrected chi connectivity index (χ0v) is 19.5. The van der Waals surface area contributed by atoms with Crippen molar-refractivity contribution in [3.8, 4) is 11.4 Å². The number of hydrogen-bond donors (Lipinski definition) is 3. The highest BCUT2D eigenvalue weighted by Gasteiger charge is 2.37. The second-order valence-corrected chi connectivity index (χ2v) is 9.92. The Bertz CT molecular complexity index is 1140. The summed E-state index contributed by atoms with van der Waals surface area (Å²) in [5.41, 5.74) is 2.91. The average Bonchev–Trinajstić information content (AvgIpc) is 3.37. The van der Waals surface area contributed by atoms with Gasteiger partial charge in [0, 0.05) is 24.5 Å². The lowest BCUT2D eigenvalue weighted by Crippen LogP contribution is -2.47. The third kappa shape index (κ3) is 5.97. The van der Waals surface area contributed by atoms with Gasteiger partial charge in [0.25, 0.3) is 10.2 Å². The SMILES string of the molecule is COc1cccc(C2(CNS(N)(=O)=O)CCC(NCc3ccc(-n4cncn4)cc3)CC2)c1.